The van der Waals surface area contributed by atoms with Crippen LogP contribution in [-0.2, 0) is 17.6 Å². The summed E-state index contributed by atoms with van der Waals surface area (Å²) in [5.74, 6) is 0.0221. The molecule has 9 heteroatoms. The molecule has 0 unspecified atom stereocenters. The highest BCUT2D eigenvalue weighted by Crippen LogP contribution is 2.40. The lowest BCUT2D eigenvalue weighted by Gasteiger charge is -2.32. The number of halogens is 3. The molecule has 1 amide bonds. The number of carbonyl (C=O) groups is 1. The summed E-state index contributed by atoms with van der Waals surface area (Å²) in [6, 6.07) is 0. The number of nitrogens with one attached hydrogen (secondary N) is 1. The van der Waals surface area contributed by atoms with Crippen LogP contribution in [0.5, 0.6) is 0 Å². The largest absolute Gasteiger partial charge is 0.405 e. The number of aryl methyl sites for hydroxylation is 2. The molecule has 0 aromatic carbocycles. The molecule has 1 aliphatic heterocycles. The van der Waals surface area contributed by atoms with Crippen molar-refractivity contribution in [3.63, 3.8) is 0 Å². The Morgan fingerprint density at radius 2 is 2.04 bits per heavy atom. The second-order valence-corrected chi connectivity index (χ2v) is 7.91. The van der Waals surface area contributed by atoms with Gasteiger partial charge in [-0.1, -0.05) is 0 Å². The minimum absolute atomic E-state index is 0.376. The molecule has 26 heavy (non-hydrogen) atoms. The lowest BCUT2D eigenvalue weighted by Crippen LogP contribution is -2.43. The number of fused-ring (bicyclic) bond motifs is 3. The Bertz CT molecular complexity index is 827. The predicted octanol–water partition coefficient (Wildman–Crippen LogP) is 3.07. The van der Waals surface area contributed by atoms with E-state index in [0.29, 0.717) is 25.9 Å². The minimum Gasteiger partial charge on any atom is -0.356 e. The normalized spacial score (nSPS) is 18.3. The third-order valence-corrected chi connectivity index (χ3v) is 6.31. The highest BCUT2D eigenvalue weighted by molar-refractivity contribution is 7.19. The summed E-state index contributed by atoms with van der Waals surface area (Å²) in [6.45, 7) is -0.0404. The topological polar surface area (TPSA) is 58.1 Å². The maximum absolute atomic E-state index is 12.3. The van der Waals surface area contributed by atoms with Crippen LogP contribution in [0.25, 0.3) is 10.2 Å². The second kappa shape index (κ2) is 6.68. The van der Waals surface area contributed by atoms with E-state index < -0.39 is 18.6 Å². The van der Waals surface area contributed by atoms with Gasteiger partial charge in [0.25, 0.3) is 0 Å². The molecule has 0 bridgehead atoms. The Morgan fingerprint density at radius 3 is 2.77 bits per heavy atom. The molecular weight excluding hydrogens is 365 g/mol. The fourth-order valence-electron chi connectivity index (χ4n) is 3.84. The first-order valence-corrected chi connectivity index (χ1v) is 9.58. The number of alkyl halides is 3. The smallest absolute Gasteiger partial charge is 0.356 e. The van der Waals surface area contributed by atoms with Crippen LogP contribution in [0, 0.1) is 5.92 Å². The van der Waals surface area contributed by atoms with E-state index in [4.69, 9.17) is 0 Å². The van der Waals surface area contributed by atoms with Gasteiger partial charge in [-0.3, -0.25) is 4.79 Å². The zero-order chi connectivity index (χ0) is 18.3. The van der Waals surface area contributed by atoms with Crippen LogP contribution in [-0.4, -0.2) is 41.7 Å². The predicted molar refractivity (Wildman–Crippen MR) is 93.4 cm³/mol. The molecule has 1 aliphatic carbocycles. The maximum atomic E-state index is 12.3. The quantitative estimate of drug-likeness (QED) is 0.884. The lowest BCUT2D eigenvalue weighted by atomic mass is 9.95. The van der Waals surface area contributed by atoms with Crippen molar-refractivity contribution in [1.29, 1.82) is 0 Å². The maximum Gasteiger partial charge on any atom is 0.405 e. The standard InChI is InChI=1S/C17H19F3N4OS/c18-17(19,20)8-21-15(25)10-4-6-24(7-5-10)14-13-11-2-1-3-12(11)26-16(13)23-9-22-14/h9-10H,1-8H2,(H,21,25). The van der Waals surface area contributed by atoms with E-state index in [-0.39, 0.29) is 5.92 Å². The van der Waals surface area contributed by atoms with Crippen LogP contribution in [0.4, 0.5) is 19.0 Å². The molecule has 1 saturated heterocycles. The monoisotopic (exact) mass is 384 g/mol. The number of piperidine rings is 1. The Hall–Kier alpha value is -1.90. The van der Waals surface area contributed by atoms with E-state index in [1.54, 1.807) is 17.7 Å². The zero-order valence-electron chi connectivity index (χ0n) is 14.1. The van der Waals surface area contributed by atoms with E-state index in [1.165, 1.54) is 10.4 Å². The van der Waals surface area contributed by atoms with Crippen LogP contribution in [0.3, 0.4) is 0 Å². The van der Waals surface area contributed by atoms with Gasteiger partial charge in [-0.2, -0.15) is 13.2 Å². The number of aromatic nitrogens is 2. The molecule has 2 aromatic rings. The zero-order valence-corrected chi connectivity index (χ0v) is 14.9. The molecule has 2 aromatic heterocycles. The number of amides is 1. The molecule has 3 heterocycles. The van der Waals surface area contributed by atoms with Gasteiger partial charge in [0, 0.05) is 23.9 Å². The Morgan fingerprint density at radius 1 is 1.27 bits per heavy atom. The average molecular weight is 384 g/mol. The summed E-state index contributed by atoms with van der Waals surface area (Å²) < 4.78 is 36.8. The fourth-order valence-corrected chi connectivity index (χ4v) is 5.06. The van der Waals surface area contributed by atoms with Crippen molar-refractivity contribution in [3.05, 3.63) is 16.8 Å². The van der Waals surface area contributed by atoms with Crippen molar-refractivity contribution >= 4 is 33.3 Å². The molecule has 1 N–H and O–H groups in total. The number of anilines is 1. The van der Waals surface area contributed by atoms with E-state index >= 15 is 0 Å². The van der Waals surface area contributed by atoms with Crippen LogP contribution in [0.2, 0.25) is 0 Å². The van der Waals surface area contributed by atoms with Crippen molar-refractivity contribution in [3.8, 4) is 0 Å². The van der Waals surface area contributed by atoms with Crippen molar-refractivity contribution < 1.29 is 18.0 Å². The molecule has 140 valence electrons. The Labute approximate surface area is 152 Å². The number of nitrogens with zero attached hydrogens (tertiary/aromatic N) is 3. The van der Waals surface area contributed by atoms with Gasteiger partial charge in [-0.25, -0.2) is 9.97 Å². The summed E-state index contributed by atoms with van der Waals surface area (Å²) >= 11 is 1.73. The van der Waals surface area contributed by atoms with Gasteiger partial charge in [-0.05, 0) is 37.7 Å². The van der Waals surface area contributed by atoms with Gasteiger partial charge in [0.05, 0.1) is 5.39 Å². The van der Waals surface area contributed by atoms with Gasteiger partial charge in [0.1, 0.15) is 23.5 Å². The van der Waals surface area contributed by atoms with Crippen LogP contribution in [0.15, 0.2) is 6.33 Å². The van der Waals surface area contributed by atoms with Crippen molar-refractivity contribution in [2.24, 2.45) is 5.92 Å². The third-order valence-electron chi connectivity index (χ3n) is 5.11. The third kappa shape index (κ3) is 3.36. The van der Waals surface area contributed by atoms with Gasteiger partial charge in [0.2, 0.25) is 5.91 Å². The molecule has 0 atom stereocenters. The summed E-state index contributed by atoms with van der Waals surface area (Å²) in [4.78, 5) is 25.4. The molecule has 4 rings (SSSR count). The summed E-state index contributed by atoms with van der Waals surface area (Å²) in [5, 5.41) is 3.13. The van der Waals surface area contributed by atoms with Crippen molar-refractivity contribution in [1.82, 2.24) is 15.3 Å². The van der Waals surface area contributed by atoms with Gasteiger partial charge >= 0.3 is 6.18 Å². The number of thiophene rings is 1. The summed E-state index contributed by atoms with van der Waals surface area (Å²) in [6.07, 6.45) is 1.56. The molecule has 0 radical (unpaired) electrons. The Balaban J connectivity index is 1.46. The minimum atomic E-state index is -4.37. The first kappa shape index (κ1) is 17.5. The average Bonchev–Trinajstić information content (AvgIpc) is 3.19. The Kier molecular flexibility index (Phi) is 4.50. The summed E-state index contributed by atoms with van der Waals surface area (Å²) in [7, 11) is 0. The van der Waals surface area contributed by atoms with Gasteiger partial charge < -0.3 is 10.2 Å². The van der Waals surface area contributed by atoms with Crippen LogP contribution < -0.4 is 10.2 Å². The van der Waals surface area contributed by atoms with E-state index in [9.17, 15) is 18.0 Å². The first-order chi connectivity index (χ1) is 12.4. The van der Waals surface area contributed by atoms with E-state index in [0.717, 1.165) is 35.3 Å². The fraction of sp³-hybridized carbons (Fsp3) is 0.588. The molecule has 2 aliphatic rings. The SMILES string of the molecule is O=C(NCC(F)(F)F)C1CCN(c2ncnc3sc4c(c23)CCC4)CC1. The number of hydrogen-bond acceptors (Lipinski definition) is 5. The van der Waals surface area contributed by atoms with E-state index in [2.05, 4.69) is 14.9 Å². The van der Waals surface area contributed by atoms with E-state index in [1.807, 2.05) is 5.32 Å². The second-order valence-electron chi connectivity index (χ2n) is 6.83. The summed E-state index contributed by atoms with van der Waals surface area (Å²) in [5.41, 5.74) is 1.35. The lowest BCUT2D eigenvalue weighted by molar-refractivity contribution is -0.141. The van der Waals surface area contributed by atoms with Crippen molar-refractivity contribution in [2.75, 3.05) is 24.5 Å². The first-order valence-electron chi connectivity index (χ1n) is 8.77. The van der Waals surface area contributed by atoms with Crippen LogP contribution in [0.1, 0.15) is 29.7 Å². The molecule has 1 fully saturated rings. The number of hydrogen-bond donors (Lipinski definition) is 1. The highest BCUT2D eigenvalue weighted by Gasteiger charge is 2.32. The number of rotatable bonds is 3. The van der Waals surface area contributed by atoms with Gasteiger partial charge in [0.15, 0.2) is 0 Å². The number of carbonyl (C=O) groups excluding carboxylic acids is 1. The molecule has 0 spiro atoms. The highest BCUT2D eigenvalue weighted by atomic mass is 32.1. The molecular formula is C17H19F3N4OS. The van der Waals surface area contributed by atoms with Gasteiger partial charge in [-0.15, -0.1) is 11.3 Å². The van der Waals surface area contributed by atoms with Crippen LogP contribution >= 0.6 is 11.3 Å². The molecule has 5 nitrogen and oxygen atoms in total. The van der Waals surface area contributed by atoms with Crippen molar-refractivity contribution in [2.45, 2.75) is 38.3 Å². The molecule has 0 saturated carbocycles.